The molecule has 0 N–H and O–H groups in total. The van der Waals surface area contributed by atoms with Crippen LogP contribution in [-0.4, -0.2) is 18.1 Å². The fraction of sp³-hybridized carbons (Fsp3) is 0.333. The van der Waals surface area contributed by atoms with Gasteiger partial charge in [-0.3, -0.25) is 9.78 Å². The van der Waals surface area contributed by atoms with E-state index >= 15 is 0 Å². The fourth-order valence-electron chi connectivity index (χ4n) is 1.26. The van der Waals surface area contributed by atoms with Gasteiger partial charge in [-0.25, -0.2) is 0 Å². The summed E-state index contributed by atoms with van der Waals surface area (Å²) in [6, 6.07) is 3.76. The molecule has 0 saturated heterocycles. The third-order valence-electron chi connectivity index (χ3n) is 2.06. The number of carbonyl (C=O) groups is 1. The van der Waals surface area contributed by atoms with E-state index in [2.05, 4.69) is 16.3 Å². The summed E-state index contributed by atoms with van der Waals surface area (Å²) < 4.78 is 4.60. The quantitative estimate of drug-likeness (QED) is 0.544. The second-order valence-electron chi connectivity index (χ2n) is 3.24. The first-order valence-corrected chi connectivity index (χ1v) is 4.87. The molecule has 80 valence electrons. The molecule has 3 heteroatoms. The summed E-state index contributed by atoms with van der Waals surface area (Å²) in [5.74, 6) is -0.226. The zero-order chi connectivity index (χ0) is 11.1. The molecular weight excluding hydrogens is 190 g/mol. The van der Waals surface area contributed by atoms with Crippen molar-refractivity contribution in [2.75, 3.05) is 7.11 Å². The molecule has 15 heavy (non-hydrogen) atoms. The summed E-state index contributed by atoms with van der Waals surface area (Å²) in [6.07, 6.45) is 5.64. The van der Waals surface area contributed by atoms with E-state index in [9.17, 15) is 4.79 Å². The van der Waals surface area contributed by atoms with Crippen LogP contribution in [0.25, 0.3) is 0 Å². The number of methoxy groups -OCH3 is 1. The molecule has 0 amide bonds. The number of aromatic nitrogens is 1. The van der Waals surface area contributed by atoms with Gasteiger partial charge < -0.3 is 4.74 Å². The highest BCUT2D eigenvalue weighted by Crippen LogP contribution is 2.06. The molecule has 1 aromatic rings. The van der Waals surface area contributed by atoms with Crippen molar-refractivity contribution in [1.29, 1.82) is 0 Å². The summed E-state index contributed by atoms with van der Waals surface area (Å²) in [5.41, 5.74) is 1.92. The Hall–Kier alpha value is -1.64. The van der Waals surface area contributed by atoms with Gasteiger partial charge in [-0.05, 0) is 30.5 Å². The topological polar surface area (TPSA) is 39.2 Å². The SMILES string of the molecule is C=CCCc1cc(CC(=O)OC)ccn1. The molecule has 0 aliphatic carbocycles. The molecule has 0 atom stereocenters. The maximum Gasteiger partial charge on any atom is 0.309 e. The van der Waals surface area contributed by atoms with E-state index in [-0.39, 0.29) is 5.97 Å². The highest BCUT2D eigenvalue weighted by molar-refractivity contribution is 5.72. The second-order valence-corrected chi connectivity index (χ2v) is 3.24. The summed E-state index contributed by atoms with van der Waals surface area (Å²) in [4.78, 5) is 15.3. The minimum absolute atomic E-state index is 0.226. The van der Waals surface area contributed by atoms with Crippen LogP contribution in [-0.2, 0) is 22.4 Å². The van der Waals surface area contributed by atoms with Gasteiger partial charge in [0.15, 0.2) is 0 Å². The highest BCUT2D eigenvalue weighted by Gasteiger charge is 2.03. The van der Waals surface area contributed by atoms with Gasteiger partial charge in [0.2, 0.25) is 0 Å². The predicted molar refractivity (Wildman–Crippen MR) is 58.5 cm³/mol. The number of ether oxygens (including phenoxy) is 1. The van der Waals surface area contributed by atoms with Crippen molar-refractivity contribution in [2.45, 2.75) is 19.3 Å². The van der Waals surface area contributed by atoms with Crippen molar-refractivity contribution in [2.24, 2.45) is 0 Å². The van der Waals surface area contributed by atoms with Crippen LogP contribution >= 0.6 is 0 Å². The highest BCUT2D eigenvalue weighted by atomic mass is 16.5. The van der Waals surface area contributed by atoms with Crippen LogP contribution in [0.2, 0.25) is 0 Å². The van der Waals surface area contributed by atoms with Gasteiger partial charge >= 0.3 is 5.97 Å². The number of nitrogens with zero attached hydrogens (tertiary/aromatic N) is 1. The van der Waals surface area contributed by atoms with Gasteiger partial charge in [-0.15, -0.1) is 6.58 Å². The number of pyridine rings is 1. The van der Waals surface area contributed by atoms with E-state index < -0.39 is 0 Å². The van der Waals surface area contributed by atoms with Crippen LogP contribution in [0.3, 0.4) is 0 Å². The fourth-order valence-corrected chi connectivity index (χ4v) is 1.26. The van der Waals surface area contributed by atoms with Gasteiger partial charge in [0.1, 0.15) is 0 Å². The standard InChI is InChI=1S/C12H15NO2/c1-3-4-5-11-8-10(6-7-13-11)9-12(14)15-2/h3,6-8H,1,4-5,9H2,2H3. The third kappa shape index (κ3) is 3.94. The lowest BCUT2D eigenvalue weighted by Gasteiger charge is -2.02. The number of rotatable bonds is 5. The van der Waals surface area contributed by atoms with E-state index in [0.29, 0.717) is 6.42 Å². The van der Waals surface area contributed by atoms with Crippen molar-refractivity contribution < 1.29 is 9.53 Å². The number of esters is 1. The summed E-state index contributed by atoms with van der Waals surface area (Å²) in [6.45, 7) is 3.66. The van der Waals surface area contributed by atoms with Gasteiger partial charge in [0, 0.05) is 11.9 Å². The Morgan fingerprint density at radius 3 is 3.13 bits per heavy atom. The van der Waals surface area contributed by atoms with E-state index in [1.165, 1.54) is 7.11 Å². The minimum atomic E-state index is -0.226. The number of aryl methyl sites for hydroxylation is 1. The summed E-state index contributed by atoms with van der Waals surface area (Å²) in [7, 11) is 1.39. The molecule has 0 saturated carbocycles. The molecular formula is C12H15NO2. The van der Waals surface area contributed by atoms with Crippen molar-refractivity contribution in [3.05, 3.63) is 42.2 Å². The van der Waals surface area contributed by atoms with Gasteiger partial charge in [0.25, 0.3) is 0 Å². The van der Waals surface area contributed by atoms with Crippen LogP contribution in [0.15, 0.2) is 31.0 Å². The number of carbonyl (C=O) groups excluding carboxylic acids is 1. The van der Waals surface area contributed by atoms with Crippen LogP contribution in [0.4, 0.5) is 0 Å². The predicted octanol–water partition coefficient (Wildman–Crippen LogP) is 1.92. The molecule has 0 aliphatic rings. The second kappa shape index (κ2) is 5.96. The third-order valence-corrected chi connectivity index (χ3v) is 2.06. The first kappa shape index (κ1) is 11.4. The molecule has 1 aromatic heterocycles. The molecule has 0 unspecified atom stereocenters. The zero-order valence-electron chi connectivity index (χ0n) is 8.90. The minimum Gasteiger partial charge on any atom is -0.469 e. The molecule has 3 nitrogen and oxygen atoms in total. The van der Waals surface area contributed by atoms with Crippen molar-refractivity contribution in [3.63, 3.8) is 0 Å². The smallest absolute Gasteiger partial charge is 0.309 e. The average molecular weight is 205 g/mol. The van der Waals surface area contributed by atoms with Crippen LogP contribution in [0.5, 0.6) is 0 Å². The Morgan fingerprint density at radius 1 is 1.67 bits per heavy atom. The molecule has 1 heterocycles. The van der Waals surface area contributed by atoms with Crippen molar-refractivity contribution in [1.82, 2.24) is 4.98 Å². The Balaban J connectivity index is 2.65. The largest absolute Gasteiger partial charge is 0.469 e. The van der Waals surface area contributed by atoms with Crippen LogP contribution < -0.4 is 0 Å². The Kier molecular flexibility index (Phi) is 4.54. The maximum atomic E-state index is 11.0. The van der Waals surface area contributed by atoms with Crippen molar-refractivity contribution >= 4 is 5.97 Å². The first-order valence-electron chi connectivity index (χ1n) is 4.87. The van der Waals surface area contributed by atoms with Crippen LogP contribution in [0, 0.1) is 0 Å². The lowest BCUT2D eigenvalue weighted by Crippen LogP contribution is -2.05. The molecule has 1 rings (SSSR count). The van der Waals surface area contributed by atoms with Gasteiger partial charge in [0.05, 0.1) is 13.5 Å². The lowest BCUT2D eigenvalue weighted by atomic mass is 10.1. The van der Waals surface area contributed by atoms with E-state index in [1.807, 2.05) is 18.2 Å². The molecule has 0 aliphatic heterocycles. The molecule has 0 bridgehead atoms. The monoisotopic (exact) mass is 205 g/mol. The van der Waals surface area contributed by atoms with E-state index in [0.717, 1.165) is 24.1 Å². The molecule has 0 spiro atoms. The Labute approximate surface area is 89.8 Å². The van der Waals surface area contributed by atoms with Crippen LogP contribution in [0.1, 0.15) is 17.7 Å². The molecule has 0 aromatic carbocycles. The van der Waals surface area contributed by atoms with Gasteiger partial charge in [-0.2, -0.15) is 0 Å². The lowest BCUT2D eigenvalue weighted by molar-refractivity contribution is -0.139. The molecule has 0 fully saturated rings. The average Bonchev–Trinajstić information content (AvgIpc) is 2.26. The Morgan fingerprint density at radius 2 is 2.47 bits per heavy atom. The zero-order valence-corrected chi connectivity index (χ0v) is 8.90. The first-order chi connectivity index (χ1) is 7.26. The summed E-state index contributed by atoms with van der Waals surface area (Å²) in [5, 5.41) is 0. The molecule has 0 radical (unpaired) electrons. The van der Waals surface area contributed by atoms with E-state index in [1.54, 1.807) is 6.20 Å². The van der Waals surface area contributed by atoms with Crippen molar-refractivity contribution in [3.8, 4) is 0 Å². The van der Waals surface area contributed by atoms with Gasteiger partial charge in [-0.1, -0.05) is 6.08 Å². The Bertz CT molecular complexity index is 347. The van der Waals surface area contributed by atoms with E-state index in [4.69, 9.17) is 0 Å². The maximum absolute atomic E-state index is 11.0. The number of hydrogen-bond donors (Lipinski definition) is 0. The number of hydrogen-bond acceptors (Lipinski definition) is 3. The number of allylic oxidation sites excluding steroid dienone is 1. The summed E-state index contributed by atoms with van der Waals surface area (Å²) >= 11 is 0. The normalized spacial score (nSPS) is 9.67.